The highest BCUT2D eigenvalue weighted by Gasteiger charge is 2.03. The van der Waals surface area contributed by atoms with Gasteiger partial charge < -0.3 is 15.5 Å². The summed E-state index contributed by atoms with van der Waals surface area (Å²) in [5.74, 6) is 0.655. The molecule has 0 aliphatic carbocycles. The van der Waals surface area contributed by atoms with Crippen molar-refractivity contribution in [2.45, 2.75) is 13.3 Å². The number of oxazole rings is 1. The van der Waals surface area contributed by atoms with Gasteiger partial charge in [0.05, 0.1) is 0 Å². The summed E-state index contributed by atoms with van der Waals surface area (Å²) in [6.07, 6.45) is 0.727. The Kier molecular flexibility index (Phi) is 2.76. The van der Waals surface area contributed by atoms with Crippen LogP contribution in [-0.4, -0.2) is 17.6 Å². The maximum absolute atomic E-state index is 10.5. The Morgan fingerprint density at radius 3 is 3.12 bits per heavy atom. The van der Waals surface area contributed by atoms with Gasteiger partial charge in [-0.25, -0.2) is 9.78 Å². The number of aryl methyl sites for hydroxylation is 1. The largest absolute Gasteiger partial charge is 0.441 e. The van der Waals surface area contributed by atoms with Gasteiger partial charge in [0.15, 0.2) is 11.5 Å². The topological polar surface area (TPSA) is 81.1 Å². The SMILES string of the molecule is Cc1nc2cc(CCNC(N)=O)ccc2o1. The summed E-state index contributed by atoms with van der Waals surface area (Å²) < 4.78 is 5.36. The van der Waals surface area contributed by atoms with E-state index >= 15 is 0 Å². The van der Waals surface area contributed by atoms with Crippen LogP contribution in [0.3, 0.4) is 0 Å². The molecule has 2 amide bonds. The van der Waals surface area contributed by atoms with E-state index in [0.29, 0.717) is 12.4 Å². The number of fused-ring (bicyclic) bond motifs is 1. The molecule has 0 unspecified atom stereocenters. The lowest BCUT2D eigenvalue weighted by Gasteiger charge is -2.01. The van der Waals surface area contributed by atoms with Gasteiger partial charge in [0.2, 0.25) is 0 Å². The van der Waals surface area contributed by atoms with E-state index in [1.54, 1.807) is 0 Å². The van der Waals surface area contributed by atoms with E-state index in [0.717, 1.165) is 23.1 Å². The number of hydrogen-bond acceptors (Lipinski definition) is 3. The van der Waals surface area contributed by atoms with Gasteiger partial charge in [0.1, 0.15) is 5.52 Å². The lowest BCUT2D eigenvalue weighted by atomic mass is 10.1. The average molecular weight is 219 g/mol. The predicted octanol–water partition coefficient (Wildman–Crippen LogP) is 1.35. The summed E-state index contributed by atoms with van der Waals surface area (Å²) in [5.41, 5.74) is 7.69. The van der Waals surface area contributed by atoms with Crippen LogP contribution < -0.4 is 11.1 Å². The predicted molar refractivity (Wildman–Crippen MR) is 60.0 cm³/mol. The molecular formula is C11H13N3O2. The zero-order valence-electron chi connectivity index (χ0n) is 8.99. The first-order valence-corrected chi connectivity index (χ1v) is 5.04. The molecule has 5 nitrogen and oxygen atoms in total. The van der Waals surface area contributed by atoms with E-state index in [9.17, 15) is 4.79 Å². The van der Waals surface area contributed by atoms with Gasteiger partial charge in [-0.1, -0.05) is 6.07 Å². The fraction of sp³-hybridized carbons (Fsp3) is 0.273. The molecule has 0 fully saturated rings. The maximum Gasteiger partial charge on any atom is 0.312 e. The minimum atomic E-state index is -0.502. The van der Waals surface area contributed by atoms with E-state index in [1.807, 2.05) is 25.1 Å². The van der Waals surface area contributed by atoms with Gasteiger partial charge in [-0.15, -0.1) is 0 Å². The molecule has 16 heavy (non-hydrogen) atoms. The summed E-state index contributed by atoms with van der Waals surface area (Å²) in [4.78, 5) is 14.7. The Morgan fingerprint density at radius 2 is 2.38 bits per heavy atom. The summed E-state index contributed by atoms with van der Waals surface area (Å²) in [6.45, 7) is 2.34. The van der Waals surface area contributed by atoms with Gasteiger partial charge >= 0.3 is 6.03 Å². The fourth-order valence-electron chi connectivity index (χ4n) is 1.57. The van der Waals surface area contributed by atoms with Crippen molar-refractivity contribution in [2.75, 3.05) is 6.54 Å². The quantitative estimate of drug-likeness (QED) is 0.817. The molecule has 0 saturated heterocycles. The van der Waals surface area contributed by atoms with Gasteiger partial charge in [-0.2, -0.15) is 0 Å². The van der Waals surface area contributed by atoms with Gasteiger partial charge in [-0.05, 0) is 24.1 Å². The van der Waals surface area contributed by atoms with Gasteiger partial charge in [0.25, 0.3) is 0 Å². The number of benzene rings is 1. The second kappa shape index (κ2) is 4.22. The van der Waals surface area contributed by atoms with Crippen LogP contribution in [0.15, 0.2) is 22.6 Å². The van der Waals surface area contributed by atoms with Crippen molar-refractivity contribution in [1.82, 2.24) is 10.3 Å². The normalized spacial score (nSPS) is 10.6. The summed E-state index contributed by atoms with van der Waals surface area (Å²) >= 11 is 0. The summed E-state index contributed by atoms with van der Waals surface area (Å²) in [5, 5.41) is 2.54. The molecule has 1 heterocycles. The first-order chi connectivity index (χ1) is 7.65. The highest BCUT2D eigenvalue weighted by atomic mass is 16.3. The molecule has 1 aromatic heterocycles. The van der Waals surface area contributed by atoms with Gasteiger partial charge in [0, 0.05) is 13.5 Å². The van der Waals surface area contributed by atoms with E-state index < -0.39 is 6.03 Å². The number of nitrogens with two attached hydrogens (primary N) is 1. The van der Waals surface area contributed by atoms with Crippen LogP contribution in [0.25, 0.3) is 11.1 Å². The van der Waals surface area contributed by atoms with E-state index in [-0.39, 0.29) is 0 Å². The number of hydrogen-bond donors (Lipinski definition) is 2. The molecule has 0 radical (unpaired) electrons. The highest BCUT2D eigenvalue weighted by Crippen LogP contribution is 2.16. The number of rotatable bonds is 3. The molecule has 0 aliphatic heterocycles. The third-order valence-corrected chi connectivity index (χ3v) is 2.27. The van der Waals surface area contributed by atoms with Crippen LogP contribution in [0.1, 0.15) is 11.5 Å². The molecule has 1 aromatic carbocycles. The van der Waals surface area contributed by atoms with Crippen LogP contribution >= 0.6 is 0 Å². The number of carbonyl (C=O) groups is 1. The number of urea groups is 1. The number of nitrogens with zero attached hydrogens (tertiary/aromatic N) is 1. The van der Waals surface area contributed by atoms with E-state index in [2.05, 4.69) is 10.3 Å². The molecule has 0 spiro atoms. The zero-order chi connectivity index (χ0) is 11.5. The van der Waals surface area contributed by atoms with Crippen molar-refractivity contribution in [1.29, 1.82) is 0 Å². The molecule has 0 atom stereocenters. The molecule has 84 valence electrons. The third kappa shape index (κ3) is 2.31. The standard InChI is InChI=1S/C11H13N3O2/c1-7-14-9-6-8(2-3-10(9)16-7)4-5-13-11(12)15/h2-3,6H,4-5H2,1H3,(H3,12,13,15). The molecular weight excluding hydrogens is 206 g/mol. The Hall–Kier alpha value is -2.04. The first kappa shape index (κ1) is 10.5. The number of carbonyl (C=O) groups excluding carboxylic acids is 1. The molecule has 0 aliphatic rings. The van der Waals surface area contributed by atoms with Crippen LogP contribution in [0.2, 0.25) is 0 Å². The molecule has 0 saturated carbocycles. The second-order valence-corrected chi connectivity index (χ2v) is 3.58. The Morgan fingerprint density at radius 1 is 1.56 bits per heavy atom. The fourth-order valence-corrected chi connectivity index (χ4v) is 1.57. The van der Waals surface area contributed by atoms with Crippen LogP contribution in [0, 0.1) is 6.92 Å². The molecule has 2 aromatic rings. The van der Waals surface area contributed by atoms with Crippen molar-refractivity contribution in [2.24, 2.45) is 5.73 Å². The number of nitrogens with one attached hydrogen (secondary N) is 1. The van der Waals surface area contributed by atoms with Crippen LogP contribution in [-0.2, 0) is 6.42 Å². The monoisotopic (exact) mass is 219 g/mol. The maximum atomic E-state index is 10.5. The molecule has 3 N–H and O–H groups in total. The van der Waals surface area contributed by atoms with Crippen LogP contribution in [0.5, 0.6) is 0 Å². The minimum absolute atomic E-state index is 0.502. The average Bonchev–Trinajstić information content (AvgIpc) is 2.56. The smallest absolute Gasteiger partial charge is 0.312 e. The van der Waals surface area contributed by atoms with Crippen molar-refractivity contribution < 1.29 is 9.21 Å². The van der Waals surface area contributed by atoms with Crippen molar-refractivity contribution in [3.8, 4) is 0 Å². The number of primary amides is 1. The molecule has 0 bridgehead atoms. The zero-order valence-corrected chi connectivity index (χ0v) is 8.99. The molecule has 5 heteroatoms. The third-order valence-electron chi connectivity index (χ3n) is 2.27. The van der Waals surface area contributed by atoms with Crippen molar-refractivity contribution in [3.05, 3.63) is 29.7 Å². The highest BCUT2D eigenvalue weighted by molar-refractivity contribution is 5.73. The Bertz CT molecular complexity index is 519. The number of amides is 2. The van der Waals surface area contributed by atoms with Crippen molar-refractivity contribution in [3.63, 3.8) is 0 Å². The summed E-state index contributed by atoms with van der Waals surface area (Å²) in [7, 11) is 0. The summed E-state index contributed by atoms with van der Waals surface area (Å²) in [6, 6.07) is 5.29. The Balaban J connectivity index is 2.10. The first-order valence-electron chi connectivity index (χ1n) is 5.04. The number of aromatic nitrogens is 1. The lowest BCUT2D eigenvalue weighted by Crippen LogP contribution is -2.30. The molecule has 2 rings (SSSR count). The minimum Gasteiger partial charge on any atom is -0.441 e. The van der Waals surface area contributed by atoms with E-state index in [4.69, 9.17) is 10.2 Å². The Labute approximate surface area is 92.6 Å². The van der Waals surface area contributed by atoms with Gasteiger partial charge in [-0.3, -0.25) is 0 Å². The second-order valence-electron chi connectivity index (χ2n) is 3.58. The van der Waals surface area contributed by atoms with Crippen LogP contribution in [0.4, 0.5) is 4.79 Å². The lowest BCUT2D eigenvalue weighted by molar-refractivity contribution is 0.249. The van der Waals surface area contributed by atoms with E-state index in [1.165, 1.54) is 0 Å². The van der Waals surface area contributed by atoms with Crippen molar-refractivity contribution >= 4 is 17.1 Å².